The second kappa shape index (κ2) is 8.27. The maximum Gasteiger partial charge on any atom is 0.196 e. The van der Waals surface area contributed by atoms with E-state index in [2.05, 4.69) is 22.3 Å². The van der Waals surface area contributed by atoms with Crippen molar-refractivity contribution < 1.29 is 9.13 Å². The molecule has 4 rings (SSSR count). The Hall–Kier alpha value is -3.12. The second-order valence-electron chi connectivity index (χ2n) is 6.12. The van der Waals surface area contributed by atoms with Gasteiger partial charge < -0.3 is 4.74 Å². The fourth-order valence-corrected chi connectivity index (χ4v) is 3.74. The van der Waals surface area contributed by atoms with Gasteiger partial charge in [-0.1, -0.05) is 42.1 Å². The van der Waals surface area contributed by atoms with Gasteiger partial charge in [-0.05, 0) is 54.1 Å². The molecule has 0 atom stereocenters. The van der Waals surface area contributed by atoms with Crippen LogP contribution in [0.25, 0.3) is 17.1 Å². The highest BCUT2D eigenvalue weighted by Gasteiger charge is 2.16. The van der Waals surface area contributed by atoms with Crippen LogP contribution < -0.4 is 4.74 Å². The van der Waals surface area contributed by atoms with E-state index in [1.807, 2.05) is 47.0 Å². The molecule has 0 bridgehead atoms. The quantitative estimate of drug-likeness (QED) is 0.414. The summed E-state index contributed by atoms with van der Waals surface area (Å²) in [4.78, 5) is 0. The van der Waals surface area contributed by atoms with Gasteiger partial charge in [-0.25, -0.2) is 4.39 Å². The monoisotopic (exact) mass is 391 g/mol. The van der Waals surface area contributed by atoms with Crippen molar-refractivity contribution in [3.63, 3.8) is 0 Å². The Labute approximate surface area is 167 Å². The van der Waals surface area contributed by atoms with Crippen molar-refractivity contribution in [2.45, 2.75) is 10.9 Å². The van der Waals surface area contributed by atoms with Gasteiger partial charge in [-0.2, -0.15) is 0 Å². The zero-order valence-corrected chi connectivity index (χ0v) is 16.1. The average molecular weight is 391 g/mol. The number of hydrogen-bond acceptors (Lipinski definition) is 4. The van der Waals surface area contributed by atoms with Crippen molar-refractivity contribution in [1.82, 2.24) is 14.8 Å². The molecule has 1 aromatic heterocycles. The number of rotatable bonds is 6. The molecule has 1 heterocycles. The lowest BCUT2D eigenvalue weighted by Gasteiger charge is -2.11. The van der Waals surface area contributed by atoms with Gasteiger partial charge in [0.25, 0.3) is 0 Å². The lowest BCUT2D eigenvalue weighted by Crippen LogP contribution is -2.00. The van der Waals surface area contributed by atoms with Crippen molar-refractivity contribution in [2.75, 3.05) is 7.11 Å². The van der Waals surface area contributed by atoms with Gasteiger partial charge in [0.15, 0.2) is 11.0 Å². The van der Waals surface area contributed by atoms with E-state index in [1.54, 1.807) is 31.0 Å². The number of methoxy groups -OCH3 is 1. The molecule has 0 aliphatic rings. The zero-order valence-electron chi connectivity index (χ0n) is 15.2. The maximum atomic E-state index is 13.4. The van der Waals surface area contributed by atoms with Gasteiger partial charge in [0.1, 0.15) is 11.6 Å². The molecule has 0 aliphatic heterocycles. The molecule has 0 radical (unpaired) electrons. The molecule has 4 nitrogen and oxygen atoms in total. The van der Waals surface area contributed by atoms with Crippen molar-refractivity contribution in [3.05, 3.63) is 90.2 Å². The SMILES string of the molecule is COc1ccc(-n2c(SCc3ccccc3)nnc2-c2ccc(F)cc2)cc1. The Morgan fingerprint density at radius 1 is 0.893 bits per heavy atom. The molecule has 0 saturated heterocycles. The third-order valence-electron chi connectivity index (χ3n) is 4.28. The average Bonchev–Trinajstić information content (AvgIpc) is 3.17. The number of hydrogen-bond donors (Lipinski definition) is 0. The summed E-state index contributed by atoms with van der Waals surface area (Å²) in [5, 5.41) is 9.56. The molecule has 6 heteroatoms. The standard InChI is InChI=1S/C22H18FN3OS/c1-27-20-13-11-19(12-14-20)26-21(17-7-9-18(23)10-8-17)24-25-22(26)28-15-16-5-3-2-4-6-16/h2-14H,15H2,1H3. The minimum absolute atomic E-state index is 0.280. The first kappa shape index (κ1) is 18.3. The van der Waals surface area contributed by atoms with Gasteiger partial charge in [0.05, 0.1) is 7.11 Å². The molecule has 0 N–H and O–H groups in total. The number of nitrogens with zero attached hydrogens (tertiary/aromatic N) is 3. The molecule has 3 aromatic carbocycles. The summed E-state index contributed by atoms with van der Waals surface area (Å²) in [5.74, 6) is 1.94. The van der Waals surface area contributed by atoms with Gasteiger partial charge in [-0.3, -0.25) is 4.57 Å². The first-order valence-corrected chi connectivity index (χ1v) is 9.75. The molecule has 0 spiro atoms. The smallest absolute Gasteiger partial charge is 0.196 e. The molecule has 0 amide bonds. The summed E-state index contributed by atoms with van der Waals surface area (Å²) < 4.78 is 20.6. The molecular weight excluding hydrogens is 373 g/mol. The first-order valence-electron chi connectivity index (χ1n) is 8.77. The van der Waals surface area contributed by atoms with Crippen LogP contribution >= 0.6 is 11.8 Å². The fourth-order valence-electron chi connectivity index (χ4n) is 2.84. The highest BCUT2D eigenvalue weighted by atomic mass is 32.2. The number of benzene rings is 3. The lowest BCUT2D eigenvalue weighted by molar-refractivity contribution is 0.414. The highest BCUT2D eigenvalue weighted by molar-refractivity contribution is 7.98. The first-order chi connectivity index (χ1) is 13.7. The van der Waals surface area contributed by atoms with Crippen LogP contribution in [0.1, 0.15) is 5.56 Å². The van der Waals surface area contributed by atoms with Crippen LogP contribution in [0.3, 0.4) is 0 Å². The van der Waals surface area contributed by atoms with E-state index in [9.17, 15) is 4.39 Å². The van der Waals surface area contributed by atoms with Crippen molar-refractivity contribution in [3.8, 4) is 22.8 Å². The fraction of sp³-hybridized carbons (Fsp3) is 0.0909. The van der Waals surface area contributed by atoms with E-state index in [-0.39, 0.29) is 5.82 Å². The zero-order chi connectivity index (χ0) is 19.3. The lowest BCUT2D eigenvalue weighted by atomic mass is 10.2. The van der Waals surface area contributed by atoms with Crippen LogP contribution in [-0.2, 0) is 5.75 Å². The van der Waals surface area contributed by atoms with Gasteiger partial charge >= 0.3 is 0 Å². The van der Waals surface area contributed by atoms with E-state index in [4.69, 9.17) is 4.74 Å². The van der Waals surface area contributed by atoms with E-state index in [0.29, 0.717) is 5.82 Å². The summed E-state index contributed by atoms with van der Waals surface area (Å²) in [6.07, 6.45) is 0. The van der Waals surface area contributed by atoms with Crippen LogP contribution in [0.15, 0.2) is 84.0 Å². The van der Waals surface area contributed by atoms with Gasteiger partial charge in [0, 0.05) is 17.0 Å². The van der Waals surface area contributed by atoms with E-state index >= 15 is 0 Å². The summed E-state index contributed by atoms with van der Waals surface area (Å²) >= 11 is 1.61. The molecule has 28 heavy (non-hydrogen) atoms. The Morgan fingerprint density at radius 2 is 1.61 bits per heavy atom. The molecule has 0 fully saturated rings. The van der Waals surface area contributed by atoms with Crippen molar-refractivity contribution in [2.24, 2.45) is 0 Å². The minimum Gasteiger partial charge on any atom is -0.497 e. The van der Waals surface area contributed by atoms with Crippen LogP contribution in [0, 0.1) is 5.82 Å². The van der Waals surface area contributed by atoms with Crippen LogP contribution in [-0.4, -0.2) is 21.9 Å². The Balaban J connectivity index is 1.73. The van der Waals surface area contributed by atoms with Gasteiger partial charge in [-0.15, -0.1) is 10.2 Å². The van der Waals surface area contributed by atoms with E-state index < -0.39 is 0 Å². The largest absolute Gasteiger partial charge is 0.497 e. The molecule has 0 aliphatic carbocycles. The Morgan fingerprint density at radius 3 is 2.29 bits per heavy atom. The Kier molecular flexibility index (Phi) is 5.39. The minimum atomic E-state index is -0.280. The summed E-state index contributed by atoms with van der Waals surface area (Å²) in [5.41, 5.74) is 2.93. The topological polar surface area (TPSA) is 39.9 Å². The number of halogens is 1. The van der Waals surface area contributed by atoms with Crippen LogP contribution in [0.2, 0.25) is 0 Å². The molecule has 0 saturated carbocycles. The number of aromatic nitrogens is 3. The van der Waals surface area contributed by atoms with E-state index in [0.717, 1.165) is 27.9 Å². The predicted octanol–water partition coefficient (Wildman–Crippen LogP) is 5.37. The van der Waals surface area contributed by atoms with E-state index in [1.165, 1.54) is 17.7 Å². The number of ether oxygens (including phenoxy) is 1. The van der Waals surface area contributed by atoms with Crippen LogP contribution in [0.4, 0.5) is 4.39 Å². The summed E-state index contributed by atoms with van der Waals surface area (Å²) in [7, 11) is 1.64. The van der Waals surface area contributed by atoms with Crippen molar-refractivity contribution in [1.29, 1.82) is 0 Å². The predicted molar refractivity (Wildman–Crippen MR) is 109 cm³/mol. The van der Waals surface area contributed by atoms with Crippen LogP contribution in [0.5, 0.6) is 5.75 Å². The maximum absolute atomic E-state index is 13.4. The highest BCUT2D eigenvalue weighted by Crippen LogP contribution is 2.30. The summed E-state index contributed by atoms with van der Waals surface area (Å²) in [6, 6.07) is 24.2. The second-order valence-corrected chi connectivity index (χ2v) is 7.06. The summed E-state index contributed by atoms with van der Waals surface area (Å²) in [6.45, 7) is 0. The Bertz CT molecular complexity index is 1050. The van der Waals surface area contributed by atoms with Gasteiger partial charge in [0.2, 0.25) is 0 Å². The number of thioether (sulfide) groups is 1. The molecule has 4 aromatic rings. The molecular formula is C22H18FN3OS. The van der Waals surface area contributed by atoms with Crippen molar-refractivity contribution >= 4 is 11.8 Å². The molecule has 0 unspecified atom stereocenters. The third-order valence-corrected chi connectivity index (χ3v) is 5.28. The molecule has 140 valence electrons. The third kappa shape index (κ3) is 3.92. The normalized spacial score (nSPS) is 10.8.